The van der Waals surface area contributed by atoms with Crippen LogP contribution in [0.1, 0.15) is 24.2 Å². The lowest BCUT2D eigenvalue weighted by molar-refractivity contribution is -0.110. The molecule has 2 rings (SSSR count). The Morgan fingerprint density at radius 3 is 2.63 bits per heavy atom. The summed E-state index contributed by atoms with van der Waals surface area (Å²) < 4.78 is 18.1. The third-order valence-corrected chi connectivity index (χ3v) is 3.69. The zero-order valence-electron chi connectivity index (χ0n) is 11.3. The molecule has 1 fully saturated rings. The second-order valence-corrected chi connectivity index (χ2v) is 5.27. The summed E-state index contributed by atoms with van der Waals surface area (Å²) in [5, 5.41) is 10.1. The summed E-state index contributed by atoms with van der Waals surface area (Å²) in [5.41, 5.74) is -0.441. The Hall–Kier alpha value is -1.62. The van der Waals surface area contributed by atoms with Crippen LogP contribution in [0.4, 0.5) is 4.39 Å². The van der Waals surface area contributed by atoms with Crippen molar-refractivity contribution in [2.45, 2.75) is 19.4 Å². The Morgan fingerprint density at radius 2 is 2.11 bits per heavy atom. The molecule has 104 valence electrons. The van der Waals surface area contributed by atoms with Crippen molar-refractivity contribution in [3.8, 4) is 5.75 Å². The molecule has 1 amide bonds. The maximum Gasteiger partial charge on any atom is 0.254 e. The third kappa shape index (κ3) is 2.42. The van der Waals surface area contributed by atoms with E-state index in [1.807, 2.05) is 13.8 Å². The van der Waals surface area contributed by atoms with Crippen LogP contribution in [0.25, 0.3) is 0 Å². The van der Waals surface area contributed by atoms with Crippen molar-refractivity contribution in [2.75, 3.05) is 20.2 Å². The molecule has 0 radical (unpaired) electrons. The fraction of sp³-hybridized carbons (Fsp3) is 0.500. The van der Waals surface area contributed by atoms with E-state index in [4.69, 9.17) is 4.74 Å². The first kappa shape index (κ1) is 13.8. The van der Waals surface area contributed by atoms with Gasteiger partial charge in [-0.2, -0.15) is 0 Å². The number of β-amino-alcohol motifs (C(OH)–C–C–N with tert-alkyl or cyclic N) is 1. The van der Waals surface area contributed by atoms with E-state index in [1.54, 1.807) is 4.90 Å². The van der Waals surface area contributed by atoms with E-state index in [0.29, 0.717) is 18.7 Å². The van der Waals surface area contributed by atoms with Gasteiger partial charge in [0.05, 0.1) is 20.2 Å². The molecular formula is C14H18FNO3. The molecule has 5 heteroatoms. The standard InChI is InChI=1S/C14H18FNO3/c1-9(2)14(18)7-16(8-14)13(17)10-4-5-11(15)12(6-10)19-3/h4-6,9,18H,7-8H2,1-3H3. The summed E-state index contributed by atoms with van der Waals surface area (Å²) in [4.78, 5) is 13.7. The molecule has 1 aliphatic heterocycles. The maximum absolute atomic E-state index is 13.3. The van der Waals surface area contributed by atoms with Crippen LogP contribution in [0, 0.1) is 11.7 Å². The van der Waals surface area contributed by atoms with Gasteiger partial charge < -0.3 is 14.7 Å². The van der Waals surface area contributed by atoms with Crippen LogP contribution < -0.4 is 4.74 Å². The van der Waals surface area contributed by atoms with Gasteiger partial charge in [0.2, 0.25) is 0 Å². The molecule has 0 unspecified atom stereocenters. The molecule has 1 heterocycles. The van der Waals surface area contributed by atoms with Crippen LogP contribution in [-0.4, -0.2) is 41.7 Å². The molecule has 0 bridgehead atoms. The van der Waals surface area contributed by atoms with Crippen molar-refractivity contribution in [2.24, 2.45) is 5.92 Å². The highest BCUT2D eigenvalue weighted by atomic mass is 19.1. The number of halogens is 1. The number of hydrogen-bond donors (Lipinski definition) is 1. The van der Waals surface area contributed by atoms with Crippen molar-refractivity contribution in [3.05, 3.63) is 29.6 Å². The fourth-order valence-electron chi connectivity index (χ4n) is 2.10. The number of ether oxygens (including phenoxy) is 1. The molecule has 1 saturated heterocycles. The van der Waals surface area contributed by atoms with Gasteiger partial charge >= 0.3 is 0 Å². The molecule has 0 aliphatic carbocycles. The van der Waals surface area contributed by atoms with E-state index in [2.05, 4.69) is 0 Å². The van der Waals surface area contributed by atoms with Crippen molar-refractivity contribution >= 4 is 5.91 Å². The lowest BCUT2D eigenvalue weighted by Gasteiger charge is -2.49. The highest BCUT2D eigenvalue weighted by Crippen LogP contribution is 2.30. The number of carbonyl (C=O) groups excluding carboxylic acids is 1. The Labute approximate surface area is 111 Å². The van der Waals surface area contributed by atoms with E-state index in [0.717, 1.165) is 0 Å². The van der Waals surface area contributed by atoms with Crippen molar-refractivity contribution in [3.63, 3.8) is 0 Å². The van der Waals surface area contributed by atoms with Crippen LogP contribution >= 0.6 is 0 Å². The SMILES string of the molecule is COc1cc(C(=O)N2CC(O)(C(C)C)C2)ccc1F. The second kappa shape index (κ2) is 4.81. The van der Waals surface area contributed by atoms with Gasteiger partial charge in [0.15, 0.2) is 11.6 Å². The van der Waals surface area contributed by atoms with Gasteiger partial charge in [-0.25, -0.2) is 4.39 Å². The zero-order chi connectivity index (χ0) is 14.2. The first-order valence-corrected chi connectivity index (χ1v) is 6.22. The summed E-state index contributed by atoms with van der Waals surface area (Å²) in [7, 11) is 1.35. The average molecular weight is 267 g/mol. The van der Waals surface area contributed by atoms with Crippen molar-refractivity contribution in [1.29, 1.82) is 0 Å². The first-order chi connectivity index (χ1) is 8.87. The quantitative estimate of drug-likeness (QED) is 0.906. The summed E-state index contributed by atoms with van der Waals surface area (Å²) in [6.45, 7) is 4.46. The van der Waals surface area contributed by atoms with Crippen LogP contribution in [-0.2, 0) is 0 Å². The fourth-order valence-corrected chi connectivity index (χ4v) is 2.10. The monoisotopic (exact) mass is 267 g/mol. The minimum atomic E-state index is -0.806. The van der Waals surface area contributed by atoms with Crippen LogP contribution in [0.15, 0.2) is 18.2 Å². The number of aliphatic hydroxyl groups is 1. The number of rotatable bonds is 3. The Bertz CT molecular complexity index is 495. The number of hydrogen-bond acceptors (Lipinski definition) is 3. The Morgan fingerprint density at radius 1 is 1.47 bits per heavy atom. The van der Waals surface area contributed by atoms with Crippen LogP contribution in [0.5, 0.6) is 5.75 Å². The molecule has 1 N–H and O–H groups in total. The number of likely N-dealkylation sites (tertiary alicyclic amines) is 1. The van der Waals surface area contributed by atoms with Crippen LogP contribution in [0.2, 0.25) is 0 Å². The summed E-state index contributed by atoms with van der Waals surface area (Å²) in [6.07, 6.45) is 0. The largest absolute Gasteiger partial charge is 0.494 e. The first-order valence-electron chi connectivity index (χ1n) is 6.22. The molecule has 0 atom stereocenters. The smallest absolute Gasteiger partial charge is 0.254 e. The topological polar surface area (TPSA) is 49.8 Å². The van der Waals surface area contributed by atoms with Gasteiger partial charge in [-0.15, -0.1) is 0 Å². The molecule has 0 aromatic heterocycles. The normalized spacial score (nSPS) is 17.3. The van der Waals surface area contributed by atoms with Gasteiger partial charge in [0, 0.05) is 5.56 Å². The number of carbonyl (C=O) groups is 1. The summed E-state index contributed by atoms with van der Waals surface area (Å²) in [6, 6.07) is 4.01. The number of amides is 1. The lowest BCUT2D eigenvalue weighted by atomic mass is 9.82. The molecule has 1 aliphatic rings. The van der Waals surface area contributed by atoms with Gasteiger partial charge in [-0.1, -0.05) is 13.8 Å². The molecule has 4 nitrogen and oxygen atoms in total. The van der Waals surface area contributed by atoms with Gasteiger partial charge in [-0.05, 0) is 24.1 Å². The van der Waals surface area contributed by atoms with Gasteiger partial charge in [-0.3, -0.25) is 4.79 Å². The Kier molecular flexibility index (Phi) is 3.49. The second-order valence-electron chi connectivity index (χ2n) is 5.27. The molecule has 0 saturated carbocycles. The van der Waals surface area contributed by atoms with Gasteiger partial charge in [0.25, 0.3) is 5.91 Å². The minimum Gasteiger partial charge on any atom is -0.494 e. The predicted molar refractivity (Wildman–Crippen MR) is 68.6 cm³/mol. The van der Waals surface area contributed by atoms with E-state index in [9.17, 15) is 14.3 Å². The molecule has 1 aromatic carbocycles. The van der Waals surface area contributed by atoms with Crippen LogP contribution in [0.3, 0.4) is 0 Å². The predicted octanol–water partition coefficient (Wildman–Crippen LogP) is 1.68. The molecular weight excluding hydrogens is 249 g/mol. The molecule has 0 spiro atoms. The number of methoxy groups -OCH3 is 1. The molecule has 19 heavy (non-hydrogen) atoms. The number of nitrogens with zero attached hydrogens (tertiary/aromatic N) is 1. The van der Waals surface area contributed by atoms with Gasteiger partial charge in [0.1, 0.15) is 5.60 Å². The highest BCUT2D eigenvalue weighted by Gasteiger charge is 2.45. The molecule has 1 aromatic rings. The Balaban J connectivity index is 2.10. The summed E-state index contributed by atoms with van der Waals surface area (Å²) in [5.74, 6) is -0.574. The van der Waals surface area contributed by atoms with E-state index >= 15 is 0 Å². The average Bonchev–Trinajstić information content (AvgIpc) is 2.34. The van der Waals surface area contributed by atoms with Crippen molar-refractivity contribution in [1.82, 2.24) is 4.90 Å². The van der Waals surface area contributed by atoms with Crippen molar-refractivity contribution < 1.29 is 19.0 Å². The minimum absolute atomic E-state index is 0.0468. The number of benzene rings is 1. The van der Waals surface area contributed by atoms with E-state index in [-0.39, 0.29) is 17.6 Å². The van der Waals surface area contributed by atoms with E-state index < -0.39 is 11.4 Å². The highest BCUT2D eigenvalue weighted by molar-refractivity contribution is 5.95. The zero-order valence-corrected chi connectivity index (χ0v) is 11.3. The lowest BCUT2D eigenvalue weighted by Crippen LogP contribution is -2.65. The summed E-state index contributed by atoms with van der Waals surface area (Å²) >= 11 is 0. The van der Waals surface area contributed by atoms with E-state index in [1.165, 1.54) is 25.3 Å². The third-order valence-electron chi connectivity index (χ3n) is 3.69. The maximum atomic E-state index is 13.3.